The van der Waals surface area contributed by atoms with Gasteiger partial charge in [0.25, 0.3) is 0 Å². The van der Waals surface area contributed by atoms with Gasteiger partial charge in [0.05, 0.1) is 5.75 Å². The normalized spacial score (nSPS) is 13.7. The molecule has 0 aromatic carbocycles. The molecular formula is C15H29N3OS. The Kier molecular flexibility index (Phi) is 7.59. The Morgan fingerprint density at radius 1 is 1.30 bits per heavy atom. The van der Waals surface area contributed by atoms with Crippen LogP contribution in [0.1, 0.15) is 58.7 Å². The van der Waals surface area contributed by atoms with Gasteiger partial charge in [-0.2, -0.15) is 16.7 Å². The Balaban J connectivity index is 2.43. The van der Waals surface area contributed by atoms with Crippen LogP contribution in [0.3, 0.4) is 0 Å². The lowest BCUT2D eigenvalue weighted by Crippen LogP contribution is -2.24. The van der Waals surface area contributed by atoms with Crippen LogP contribution in [0.25, 0.3) is 0 Å². The van der Waals surface area contributed by atoms with E-state index >= 15 is 0 Å². The summed E-state index contributed by atoms with van der Waals surface area (Å²) in [6, 6.07) is 0. The van der Waals surface area contributed by atoms with E-state index in [0.717, 1.165) is 49.0 Å². The maximum absolute atomic E-state index is 5.71. The van der Waals surface area contributed by atoms with Crippen LogP contribution in [0.4, 0.5) is 0 Å². The molecule has 0 spiro atoms. The minimum absolute atomic E-state index is 0.277. The molecule has 5 heteroatoms. The average Bonchev–Trinajstić information content (AvgIpc) is 2.81. The van der Waals surface area contributed by atoms with E-state index in [0.29, 0.717) is 5.92 Å². The summed E-state index contributed by atoms with van der Waals surface area (Å²) in [4.78, 5) is 4.47. The lowest BCUT2D eigenvalue weighted by Gasteiger charge is -2.30. The zero-order valence-electron chi connectivity index (χ0n) is 13.3. The molecule has 1 atom stereocenters. The first-order valence-electron chi connectivity index (χ1n) is 7.56. The van der Waals surface area contributed by atoms with Crippen molar-refractivity contribution in [3.8, 4) is 0 Å². The van der Waals surface area contributed by atoms with E-state index in [-0.39, 0.29) is 5.41 Å². The number of aromatic nitrogens is 2. The lowest BCUT2D eigenvalue weighted by molar-refractivity contribution is 0.208. The van der Waals surface area contributed by atoms with E-state index in [9.17, 15) is 0 Å². The highest BCUT2D eigenvalue weighted by atomic mass is 32.2. The van der Waals surface area contributed by atoms with Crippen LogP contribution in [-0.4, -0.2) is 22.4 Å². The van der Waals surface area contributed by atoms with Crippen LogP contribution in [0.2, 0.25) is 0 Å². The molecule has 1 aromatic rings. The van der Waals surface area contributed by atoms with Crippen LogP contribution < -0.4 is 5.73 Å². The molecule has 0 aliphatic carbocycles. The second kappa shape index (κ2) is 8.67. The van der Waals surface area contributed by atoms with Gasteiger partial charge in [0.2, 0.25) is 5.89 Å². The number of hydrogen-bond acceptors (Lipinski definition) is 5. The molecule has 0 aliphatic heterocycles. The summed E-state index contributed by atoms with van der Waals surface area (Å²) < 4.78 is 5.33. The Labute approximate surface area is 127 Å². The third-order valence-electron chi connectivity index (χ3n) is 3.54. The third kappa shape index (κ3) is 6.27. The van der Waals surface area contributed by atoms with Crippen molar-refractivity contribution in [2.75, 3.05) is 12.3 Å². The van der Waals surface area contributed by atoms with E-state index in [4.69, 9.17) is 10.3 Å². The van der Waals surface area contributed by atoms with Gasteiger partial charge in [-0.3, -0.25) is 0 Å². The van der Waals surface area contributed by atoms with Gasteiger partial charge in [0, 0.05) is 6.42 Å². The Hall–Kier alpha value is -0.550. The molecule has 0 amide bonds. The van der Waals surface area contributed by atoms with Crippen molar-refractivity contribution in [2.45, 2.75) is 59.1 Å². The van der Waals surface area contributed by atoms with Crippen molar-refractivity contribution in [3.63, 3.8) is 0 Å². The van der Waals surface area contributed by atoms with Crippen molar-refractivity contribution in [1.29, 1.82) is 0 Å². The van der Waals surface area contributed by atoms with E-state index in [2.05, 4.69) is 37.8 Å². The van der Waals surface area contributed by atoms with Gasteiger partial charge in [0.15, 0.2) is 5.82 Å². The maximum atomic E-state index is 5.71. The highest BCUT2D eigenvalue weighted by Crippen LogP contribution is 2.32. The second-order valence-electron chi connectivity index (χ2n) is 6.34. The minimum Gasteiger partial charge on any atom is -0.339 e. The summed E-state index contributed by atoms with van der Waals surface area (Å²) in [5.41, 5.74) is 5.99. The molecule has 116 valence electrons. The van der Waals surface area contributed by atoms with Crippen LogP contribution in [-0.2, 0) is 12.2 Å². The molecule has 1 heterocycles. The van der Waals surface area contributed by atoms with Gasteiger partial charge >= 0.3 is 0 Å². The van der Waals surface area contributed by atoms with Crippen molar-refractivity contribution in [2.24, 2.45) is 17.1 Å². The van der Waals surface area contributed by atoms with Crippen molar-refractivity contribution in [1.82, 2.24) is 10.1 Å². The number of nitrogens with zero attached hydrogens (tertiary/aromatic N) is 2. The summed E-state index contributed by atoms with van der Waals surface area (Å²) in [6.07, 6.45) is 4.15. The van der Waals surface area contributed by atoms with Gasteiger partial charge in [-0.1, -0.05) is 32.9 Å². The fourth-order valence-corrected chi connectivity index (χ4v) is 3.00. The largest absolute Gasteiger partial charge is 0.339 e. The number of rotatable bonds is 9. The van der Waals surface area contributed by atoms with Crippen molar-refractivity contribution in [3.05, 3.63) is 11.7 Å². The van der Waals surface area contributed by atoms with Gasteiger partial charge in [-0.05, 0) is 42.9 Å². The van der Waals surface area contributed by atoms with Crippen LogP contribution in [0.15, 0.2) is 4.52 Å². The molecule has 4 nitrogen and oxygen atoms in total. The first-order valence-corrected chi connectivity index (χ1v) is 8.72. The fraction of sp³-hybridized carbons (Fsp3) is 0.867. The van der Waals surface area contributed by atoms with Crippen molar-refractivity contribution < 1.29 is 4.52 Å². The molecule has 2 N–H and O–H groups in total. The van der Waals surface area contributed by atoms with E-state index in [1.54, 1.807) is 0 Å². The lowest BCUT2D eigenvalue weighted by atomic mass is 9.76. The molecule has 0 saturated heterocycles. The summed E-state index contributed by atoms with van der Waals surface area (Å²) in [5.74, 6) is 4.18. The van der Waals surface area contributed by atoms with E-state index in [1.165, 1.54) is 6.42 Å². The molecular weight excluding hydrogens is 270 g/mol. The van der Waals surface area contributed by atoms with Crippen LogP contribution in [0, 0.1) is 11.3 Å². The Morgan fingerprint density at radius 2 is 2.05 bits per heavy atom. The van der Waals surface area contributed by atoms with Crippen LogP contribution in [0.5, 0.6) is 0 Å². The number of aryl methyl sites for hydroxylation is 1. The average molecular weight is 299 g/mol. The minimum atomic E-state index is 0.277. The second-order valence-corrected chi connectivity index (χ2v) is 7.44. The quantitative estimate of drug-likeness (QED) is 0.705. The Bertz CT molecular complexity index is 373. The first-order chi connectivity index (χ1) is 9.47. The molecule has 0 aliphatic rings. The van der Waals surface area contributed by atoms with Gasteiger partial charge in [0.1, 0.15) is 0 Å². The van der Waals surface area contributed by atoms with Crippen molar-refractivity contribution >= 4 is 11.8 Å². The summed E-state index contributed by atoms with van der Waals surface area (Å²) in [5, 5.41) is 4.04. The molecule has 0 bridgehead atoms. The molecule has 0 saturated carbocycles. The fourth-order valence-electron chi connectivity index (χ4n) is 2.27. The smallest absolute Gasteiger partial charge is 0.226 e. The standard InChI is InChI=1S/C15H29N3OS/c1-5-10-20-11-13-17-14(19-18-13)7-6-12(8-9-16)15(2,3)4/h12H,5-11,16H2,1-4H3. The molecule has 20 heavy (non-hydrogen) atoms. The topological polar surface area (TPSA) is 64.9 Å². The maximum Gasteiger partial charge on any atom is 0.226 e. The molecule has 0 fully saturated rings. The molecule has 1 unspecified atom stereocenters. The van der Waals surface area contributed by atoms with Gasteiger partial charge in [-0.15, -0.1) is 0 Å². The number of thioether (sulfide) groups is 1. The zero-order chi connectivity index (χ0) is 15.0. The molecule has 1 aromatic heterocycles. The SMILES string of the molecule is CCCSCc1noc(CCC(CCN)C(C)(C)C)n1. The van der Waals surface area contributed by atoms with Crippen LogP contribution >= 0.6 is 11.8 Å². The predicted octanol–water partition coefficient (Wildman–Crippen LogP) is 3.66. The highest BCUT2D eigenvalue weighted by molar-refractivity contribution is 7.98. The van der Waals surface area contributed by atoms with E-state index in [1.807, 2.05) is 11.8 Å². The monoisotopic (exact) mass is 299 g/mol. The summed E-state index contributed by atoms with van der Waals surface area (Å²) in [6.45, 7) is 9.74. The summed E-state index contributed by atoms with van der Waals surface area (Å²) >= 11 is 1.85. The first kappa shape index (κ1) is 17.5. The number of nitrogens with two attached hydrogens (primary N) is 1. The molecule has 1 rings (SSSR count). The third-order valence-corrected chi connectivity index (χ3v) is 4.70. The summed E-state index contributed by atoms with van der Waals surface area (Å²) in [7, 11) is 0. The van der Waals surface area contributed by atoms with Gasteiger partial charge < -0.3 is 10.3 Å². The number of hydrogen-bond donors (Lipinski definition) is 1. The molecule has 0 radical (unpaired) electrons. The van der Waals surface area contributed by atoms with Gasteiger partial charge in [-0.25, -0.2) is 0 Å². The highest BCUT2D eigenvalue weighted by Gasteiger charge is 2.24. The zero-order valence-corrected chi connectivity index (χ0v) is 14.1. The Morgan fingerprint density at radius 3 is 2.65 bits per heavy atom. The van der Waals surface area contributed by atoms with E-state index < -0.39 is 0 Å². The predicted molar refractivity (Wildman–Crippen MR) is 85.7 cm³/mol.